The monoisotopic (exact) mass is 323 g/mol. The molecule has 1 aliphatic carbocycles. The Balaban J connectivity index is 1.98. The molecule has 0 unspecified atom stereocenters. The minimum atomic E-state index is -0.477. The highest BCUT2D eigenvalue weighted by Crippen LogP contribution is 2.37. The molecule has 1 amide bonds. The van der Waals surface area contributed by atoms with Crippen molar-refractivity contribution in [3.63, 3.8) is 0 Å². The molecule has 1 aliphatic heterocycles. The second-order valence-electron chi connectivity index (χ2n) is 7.42. The van der Waals surface area contributed by atoms with Crippen LogP contribution in [0.25, 0.3) is 0 Å². The van der Waals surface area contributed by atoms with E-state index in [1.165, 1.54) is 12.8 Å². The highest BCUT2D eigenvalue weighted by Gasteiger charge is 2.30. The predicted octanol–water partition coefficient (Wildman–Crippen LogP) is 3.68. The Kier molecular flexibility index (Phi) is 5.71. The number of piperidine rings is 1. The first kappa shape index (κ1) is 17.8. The fourth-order valence-electron chi connectivity index (χ4n) is 2.79. The fourth-order valence-corrected chi connectivity index (χ4v) is 2.79. The van der Waals surface area contributed by atoms with E-state index >= 15 is 0 Å². The van der Waals surface area contributed by atoms with Crippen LogP contribution in [-0.2, 0) is 14.3 Å². The molecule has 0 aromatic heterocycles. The summed E-state index contributed by atoms with van der Waals surface area (Å²) in [6.45, 7) is 9.07. The van der Waals surface area contributed by atoms with Gasteiger partial charge >= 0.3 is 12.1 Å². The third-order valence-electron chi connectivity index (χ3n) is 4.16. The highest BCUT2D eigenvalue weighted by atomic mass is 16.6. The summed E-state index contributed by atoms with van der Waals surface area (Å²) in [5.41, 5.74) is 1.54. The summed E-state index contributed by atoms with van der Waals surface area (Å²) in [5, 5.41) is 0. The number of carbonyl (C=O) groups excluding carboxylic acids is 2. The topological polar surface area (TPSA) is 55.8 Å². The van der Waals surface area contributed by atoms with Gasteiger partial charge in [-0.15, -0.1) is 0 Å². The summed E-state index contributed by atoms with van der Waals surface area (Å²) in [5.74, 6) is 0.478. The lowest BCUT2D eigenvalue weighted by molar-refractivity contribution is -0.138. The SMILES string of the molecule is CCOC(=O)C(CC1CC1)=C1CCN(C(=O)OC(C)(C)C)CC1. The maximum Gasteiger partial charge on any atom is 0.410 e. The zero-order valence-electron chi connectivity index (χ0n) is 14.8. The number of ether oxygens (including phenoxy) is 2. The van der Waals surface area contributed by atoms with Crippen molar-refractivity contribution in [1.82, 2.24) is 4.90 Å². The Morgan fingerprint density at radius 1 is 1.17 bits per heavy atom. The van der Waals surface area contributed by atoms with Gasteiger partial charge in [-0.25, -0.2) is 9.59 Å². The van der Waals surface area contributed by atoms with Gasteiger partial charge < -0.3 is 14.4 Å². The molecule has 0 bridgehead atoms. The maximum atomic E-state index is 12.2. The van der Waals surface area contributed by atoms with Gasteiger partial charge in [-0.3, -0.25) is 0 Å². The Hall–Kier alpha value is -1.52. The first-order chi connectivity index (χ1) is 10.8. The maximum absolute atomic E-state index is 12.2. The van der Waals surface area contributed by atoms with Crippen LogP contribution in [0.1, 0.15) is 59.8 Å². The van der Waals surface area contributed by atoms with Gasteiger partial charge in [0, 0.05) is 18.7 Å². The largest absolute Gasteiger partial charge is 0.463 e. The molecule has 5 heteroatoms. The van der Waals surface area contributed by atoms with Crippen LogP contribution in [0.15, 0.2) is 11.1 Å². The van der Waals surface area contributed by atoms with E-state index in [0.29, 0.717) is 25.6 Å². The van der Waals surface area contributed by atoms with Gasteiger partial charge in [0.2, 0.25) is 0 Å². The molecule has 23 heavy (non-hydrogen) atoms. The van der Waals surface area contributed by atoms with Crippen molar-refractivity contribution in [3.8, 4) is 0 Å². The van der Waals surface area contributed by atoms with Gasteiger partial charge in [0.1, 0.15) is 5.60 Å². The number of hydrogen-bond acceptors (Lipinski definition) is 4. The molecule has 5 nitrogen and oxygen atoms in total. The van der Waals surface area contributed by atoms with Crippen molar-refractivity contribution >= 4 is 12.1 Å². The van der Waals surface area contributed by atoms with Crippen molar-refractivity contribution in [3.05, 3.63) is 11.1 Å². The Bertz CT molecular complexity index is 476. The summed E-state index contributed by atoms with van der Waals surface area (Å²) in [6.07, 6.45) is 4.46. The van der Waals surface area contributed by atoms with E-state index in [4.69, 9.17) is 9.47 Å². The van der Waals surface area contributed by atoms with E-state index < -0.39 is 5.60 Å². The number of nitrogens with zero attached hydrogens (tertiary/aromatic N) is 1. The quantitative estimate of drug-likeness (QED) is 0.585. The molecule has 130 valence electrons. The van der Waals surface area contributed by atoms with Crippen molar-refractivity contribution < 1.29 is 19.1 Å². The molecule has 0 spiro atoms. The van der Waals surface area contributed by atoms with E-state index in [0.717, 1.165) is 30.4 Å². The van der Waals surface area contributed by atoms with Crippen LogP contribution in [0, 0.1) is 5.92 Å². The van der Waals surface area contributed by atoms with Crippen LogP contribution in [0.5, 0.6) is 0 Å². The summed E-state index contributed by atoms with van der Waals surface area (Å²) < 4.78 is 10.6. The molecule has 1 heterocycles. The van der Waals surface area contributed by atoms with Crippen molar-refractivity contribution in [2.24, 2.45) is 5.92 Å². The Morgan fingerprint density at radius 3 is 2.26 bits per heavy atom. The number of amides is 1. The van der Waals surface area contributed by atoms with E-state index in [2.05, 4.69) is 0 Å². The van der Waals surface area contributed by atoms with Gasteiger partial charge in [-0.2, -0.15) is 0 Å². The number of carbonyl (C=O) groups is 2. The highest BCUT2D eigenvalue weighted by molar-refractivity contribution is 5.89. The van der Waals surface area contributed by atoms with E-state index in [-0.39, 0.29) is 12.1 Å². The number of rotatable bonds is 4. The molecule has 1 saturated heterocycles. The third-order valence-corrected chi connectivity index (χ3v) is 4.16. The van der Waals surface area contributed by atoms with Gasteiger partial charge in [-0.1, -0.05) is 5.57 Å². The predicted molar refractivity (Wildman–Crippen MR) is 88.0 cm³/mol. The molecular weight excluding hydrogens is 294 g/mol. The van der Waals surface area contributed by atoms with Crippen molar-refractivity contribution in [2.75, 3.05) is 19.7 Å². The first-order valence-electron chi connectivity index (χ1n) is 8.66. The van der Waals surface area contributed by atoms with Gasteiger partial charge in [0.05, 0.1) is 6.61 Å². The fraction of sp³-hybridized carbons (Fsp3) is 0.778. The average Bonchev–Trinajstić information content (AvgIpc) is 3.27. The molecule has 2 rings (SSSR count). The van der Waals surface area contributed by atoms with E-state index in [1.807, 2.05) is 27.7 Å². The normalized spacial score (nSPS) is 18.6. The van der Waals surface area contributed by atoms with Gasteiger partial charge in [0.25, 0.3) is 0 Å². The standard InChI is InChI=1S/C18H29NO4/c1-5-22-16(20)15(12-13-6-7-13)14-8-10-19(11-9-14)17(21)23-18(2,3)4/h13H,5-12H2,1-4H3. The van der Waals surface area contributed by atoms with Crippen molar-refractivity contribution in [1.29, 1.82) is 0 Å². The van der Waals surface area contributed by atoms with Crippen LogP contribution in [0.2, 0.25) is 0 Å². The van der Waals surface area contributed by atoms with Crippen LogP contribution >= 0.6 is 0 Å². The number of esters is 1. The molecule has 0 N–H and O–H groups in total. The summed E-state index contributed by atoms with van der Waals surface area (Å²) in [7, 11) is 0. The van der Waals surface area contributed by atoms with Gasteiger partial charge in [0.15, 0.2) is 0 Å². The van der Waals surface area contributed by atoms with Crippen LogP contribution in [0.4, 0.5) is 4.79 Å². The van der Waals surface area contributed by atoms with Crippen LogP contribution < -0.4 is 0 Å². The molecule has 1 saturated carbocycles. The zero-order chi connectivity index (χ0) is 17.0. The summed E-state index contributed by atoms with van der Waals surface area (Å²) >= 11 is 0. The van der Waals surface area contributed by atoms with Crippen LogP contribution in [-0.4, -0.2) is 42.3 Å². The smallest absolute Gasteiger partial charge is 0.410 e. The van der Waals surface area contributed by atoms with Crippen LogP contribution in [0.3, 0.4) is 0 Å². The molecule has 0 atom stereocenters. The minimum Gasteiger partial charge on any atom is -0.463 e. The zero-order valence-corrected chi connectivity index (χ0v) is 14.8. The van der Waals surface area contributed by atoms with Crippen molar-refractivity contribution in [2.45, 2.75) is 65.4 Å². The van der Waals surface area contributed by atoms with E-state index in [1.54, 1.807) is 4.90 Å². The second kappa shape index (κ2) is 7.37. The molecule has 0 radical (unpaired) electrons. The molecule has 2 aliphatic rings. The number of likely N-dealkylation sites (tertiary alicyclic amines) is 1. The molecule has 0 aromatic rings. The lowest BCUT2D eigenvalue weighted by atomic mass is 9.94. The summed E-state index contributed by atoms with van der Waals surface area (Å²) in [4.78, 5) is 26.1. The molecule has 0 aromatic carbocycles. The lowest BCUT2D eigenvalue weighted by Gasteiger charge is -2.31. The number of hydrogen-bond donors (Lipinski definition) is 0. The Labute approximate surface area is 139 Å². The van der Waals surface area contributed by atoms with Gasteiger partial charge in [-0.05, 0) is 65.7 Å². The first-order valence-corrected chi connectivity index (χ1v) is 8.66. The minimum absolute atomic E-state index is 0.167. The van der Waals surface area contributed by atoms with E-state index in [9.17, 15) is 9.59 Å². The Morgan fingerprint density at radius 2 is 1.78 bits per heavy atom. The molecule has 2 fully saturated rings. The summed E-state index contributed by atoms with van der Waals surface area (Å²) in [6, 6.07) is 0. The second-order valence-corrected chi connectivity index (χ2v) is 7.42. The lowest BCUT2D eigenvalue weighted by Crippen LogP contribution is -2.40. The third kappa shape index (κ3) is 5.56. The average molecular weight is 323 g/mol. The molecular formula is C18H29NO4.